The molecule has 0 amide bonds. The van der Waals surface area contributed by atoms with Gasteiger partial charge in [0.15, 0.2) is 22.4 Å². The number of terminal acetylenes is 1. The normalized spacial score (nSPS) is 36.4. The van der Waals surface area contributed by atoms with Gasteiger partial charge in [-0.05, 0) is 42.2 Å². The standard InChI is InChI=1S/C31H60O5Si2/c1-18-24(32-13)28-22(5)27(36-38(16,17)30(10,11)12)23(6)31(34-28)19-25(21(4)26(33-31)20(2)3)35-37(14,15)29(7,8)9/h1,20-28H,19H2,2-17H3/t21-,22-,23-,24-,25+,26+,27+,28+,31-/m1/s1. The second-order valence-corrected chi connectivity index (χ2v) is 25.0. The van der Waals surface area contributed by atoms with E-state index in [4.69, 9.17) is 29.5 Å². The largest absolute Gasteiger partial charge is 0.413 e. The maximum absolute atomic E-state index is 7.20. The van der Waals surface area contributed by atoms with Crippen molar-refractivity contribution in [2.24, 2.45) is 23.7 Å². The molecule has 0 aromatic rings. The van der Waals surface area contributed by atoms with Gasteiger partial charge in [0, 0.05) is 31.3 Å². The third kappa shape index (κ3) is 6.64. The van der Waals surface area contributed by atoms with Crippen LogP contribution in [0.15, 0.2) is 0 Å². The van der Waals surface area contributed by atoms with E-state index in [1.54, 1.807) is 7.11 Å². The average molecular weight is 569 g/mol. The minimum atomic E-state index is -2.10. The minimum absolute atomic E-state index is 0.00239. The van der Waals surface area contributed by atoms with Gasteiger partial charge in [-0.1, -0.05) is 82.1 Å². The number of hydrogen-bond donors (Lipinski definition) is 0. The Morgan fingerprint density at radius 1 is 0.842 bits per heavy atom. The van der Waals surface area contributed by atoms with Gasteiger partial charge in [0.2, 0.25) is 0 Å². The maximum Gasteiger partial charge on any atom is 0.192 e. The van der Waals surface area contributed by atoms with E-state index < -0.39 is 28.5 Å². The van der Waals surface area contributed by atoms with Gasteiger partial charge in [-0.25, -0.2) is 0 Å². The van der Waals surface area contributed by atoms with Gasteiger partial charge >= 0.3 is 0 Å². The summed E-state index contributed by atoms with van der Waals surface area (Å²) in [4.78, 5) is 0. The third-order valence-electron chi connectivity index (χ3n) is 10.3. The molecule has 222 valence electrons. The van der Waals surface area contributed by atoms with Crippen molar-refractivity contribution in [3.05, 3.63) is 0 Å². The molecule has 0 bridgehead atoms. The molecule has 9 atom stereocenters. The zero-order valence-corrected chi connectivity index (χ0v) is 29.5. The Morgan fingerprint density at radius 3 is 1.74 bits per heavy atom. The van der Waals surface area contributed by atoms with Gasteiger partial charge in [-0.3, -0.25) is 0 Å². The maximum atomic E-state index is 7.20. The number of methoxy groups -OCH3 is 1. The van der Waals surface area contributed by atoms with Gasteiger partial charge in [-0.15, -0.1) is 6.42 Å². The van der Waals surface area contributed by atoms with Crippen molar-refractivity contribution in [2.75, 3.05) is 7.11 Å². The van der Waals surface area contributed by atoms with E-state index in [2.05, 4.69) is 108 Å². The summed E-state index contributed by atoms with van der Waals surface area (Å²) in [5.74, 6) is 2.58. The first-order valence-electron chi connectivity index (χ1n) is 14.8. The molecule has 1 spiro atoms. The summed E-state index contributed by atoms with van der Waals surface area (Å²) in [7, 11) is -2.47. The molecule has 38 heavy (non-hydrogen) atoms. The highest BCUT2D eigenvalue weighted by Crippen LogP contribution is 2.52. The molecule has 5 nitrogen and oxygen atoms in total. The van der Waals surface area contributed by atoms with Crippen LogP contribution < -0.4 is 0 Å². The first kappa shape index (κ1) is 34.0. The molecule has 2 rings (SSSR count). The molecule has 0 radical (unpaired) electrons. The van der Waals surface area contributed by atoms with Gasteiger partial charge in [0.05, 0.1) is 18.3 Å². The van der Waals surface area contributed by atoms with Crippen molar-refractivity contribution in [1.29, 1.82) is 0 Å². The van der Waals surface area contributed by atoms with E-state index in [0.29, 0.717) is 12.3 Å². The second kappa shape index (κ2) is 11.6. The van der Waals surface area contributed by atoms with Crippen molar-refractivity contribution in [3.8, 4) is 12.3 Å². The summed E-state index contributed by atoms with van der Waals surface area (Å²) < 4.78 is 34.3. The van der Waals surface area contributed by atoms with E-state index in [0.717, 1.165) is 0 Å². The molecule has 2 aliphatic heterocycles. The molecule has 2 fully saturated rings. The highest BCUT2D eigenvalue weighted by atomic mass is 28.4. The molecule has 0 aromatic carbocycles. The quantitative estimate of drug-likeness (QED) is 0.231. The summed E-state index contributed by atoms with van der Waals surface area (Å²) in [6.07, 6.45) is 5.76. The predicted molar refractivity (Wildman–Crippen MR) is 163 cm³/mol. The second-order valence-electron chi connectivity index (χ2n) is 15.5. The van der Waals surface area contributed by atoms with Crippen LogP contribution in [-0.4, -0.2) is 60.1 Å². The van der Waals surface area contributed by atoms with Crippen LogP contribution in [-0.2, 0) is 23.1 Å². The van der Waals surface area contributed by atoms with Crippen LogP contribution in [0, 0.1) is 36.0 Å². The van der Waals surface area contributed by atoms with Crippen molar-refractivity contribution in [3.63, 3.8) is 0 Å². The molecular weight excluding hydrogens is 509 g/mol. The molecule has 0 N–H and O–H groups in total. The lowest BCUT2D eigenvalue weighted by Gasteiger charge is -2.60. The van der Waals surface area contributed by atoms with E-state index in [-0.39, 0.29) is 52.2 Å². The van der Waals surface area contributed by atoms with Crippen molar-refractivity contribution < 1.29 is 23.1 Å². The Balaban J connectivity index is 2.64. The Bertz CT molecular complexity index is 837. The molecule has 2 aliphatic rings. The summed E-state index contributed by atoms with van der Waals surface area (Å²) in [6.45, 7) is 34.3. The fourth-order valence-electron chi connectivity index (χ4n) is 5.58. The van der Waals surface area contributed by atoms with Crippen molar-refractivity contribution in [1.82, 2.24) is 0 Å². The van der Waals surface area contributed by atoms with Crippen LogP contribution >= 0.6 is 0 Å². The fourth-order valence-corrected chi connectivity index (χ4v) is 8.44. The zero-order chi connectivity index (χ0) is 29.6. The summed E-state index contributed by atoms with van der Waals surface area (Å²) in [6, 6.07) is 0. The van der Waals surface area contributed by atoms with E-state index in [9.17, 15) is 0 Å². The SMILES string of the molecule is C#C[C@@H](OC)[C@H]1O[C@]2(C[C@H](O[Si](C)(C)C(C)(C)C)[C@@H](C)[C@H](C(C)C)O2)[C@H](C)[C@@H](O[Si](C)(C)C(C)(C)C)[C@H]1C. The molecule has 2 heterocycles. The predicted octanol–water partition coefficient (Wildman–Crippen LogP) is 7.86. The smallest absolute Gasteiger partial charge is 0.192 e. The van der Waals surface area contributed by atoms with Gasteiger partial charge in [0.1, 0.15) is 12.2 Å². The number of ether oxygens (including phenoxy) is 3. The third-order valence-corrected chi connectivity index (χ3v) is 19.3. The fraction of sp³-hybridized carbons (Fsp3) is 0.935. The van der Waals surface area contributed by atoms with Crippen LogP contribution in [0.25, 0.3) is 0 Å². The molecule has 2 saturated heterocycles. The Morgan fingerprint density at radius 2 is 1.32 bits per heavy atom. The Kier molecular flexibility index (Phi) is 10.4. The van der Waals surface area contributed by atoms with Crippen molar-refractivity contribution in [2.45, 2.75) is 155 Å². The molecule has 0 unspecified atom stereocenters. The first-order valence-corrected chi connectivity index (χ1v) is 20.6. The Labute approximate surface area is 237 Å². The Hall–Kier alpha value is -0.206. The zero-order valence-electron chi connectivity index (χ0n) is 27.5. The van der Waals surface area contributed by atoms with E-state index in [1.165, 1.54) is 0 Å². The van der Waals surface area contributed by atoms with Crippen molar-refractivity contribution >= 4 is 16.6 Å². The molecule has 0 aromatic heterocycles. The number of rotatable bonds is 7. The summed E-state index contributed by atoms with van der Waals surface area (Å²) in [5, 5.41) is 0.191. The highest BCUT2D eigenvalue weighted by Gasteiger charge is 2.61. The lowest BCUT2D eigenvalue weighted by molar-refractivity contribution is -0.387. The molecule has 0 saturated carbocycles. The van der Waals surface area contributed by atoms with Crippen LogP contribution in [0.5, 0.6) is 0 Å². The monoisotopic (exact) mass is 568 g/mol. The minimum Gasteiger partial charge on any atom is -0.413 e. The van der Waals surface area contributed by atoms with Crippen LogP contribution in [0.4, 0.5) is 0 Å². The molecule has 7 heteroatoms. The molecule has 0 aliphatic carbocycles. The van der Waals surface area contributed by atoms with Gasteiger partial charge < -0.3 is 23.1 Å². The topological polar surface area (TPSA) is 46.2 Å². The summed E-state index contributed by atoms with van der Waals surface area (Å²) >= 11 is 0. The average Bonchev–Trinajstić information content (AvgIpc) is 2.76. The van der Waals surface area contributed by atoms with Crippen LogP contribution in [0.3, 0.4) is 0 Å². The lowest BCUT2D eigenvalue weighted by atomic mass is 9.73. The van der Waals surface area contributed by atoms with Crippen LogP contribution in [0.2, 0.25) is 36.3 Å². The molecular formula is C31H60O5Si2. The van der Waals surface area contributed by atoms with Crippen LogP contribution in [0.1, 0.15) is 82.6 Å². The van der Waals surface area contributed by atoms with E-state index >= 15 is 0 Å². The highest BCUT2D eigenvalue weighted by molar-refractivity contribution is 6.74. The lowest BCUT2D eigenvalue weighted by Crippen LogP contribution is -2.68. The van der Waals surface area contributed by atoms with Gasteiger partial charge in [-0.2, -0.15) is 0 Å². The first-order chi connectivity index (χ1) is 17.0. The summed E-state index contributed by atoms with van der Waals surface area (Å²) in [5.41, 5.74) is 0. The number of hydrogen-bond acceptors (Lipinski definition) is 5. The van der Waals surface area contributed by atoms with Gasteiger partial charge in [0.25, 0.3) is 0 Å². The van der Waals surface area contributed by atoms with E-state index in [1.807, 2.05) is 0 Å².